The van der Waals surface area contributed by atoms with E-state index in [1.807, 2.05) is 6.92 Å². The van der Waals surface area contributed by atoms with Crippen LogP contribution < -0.4 is 5.73 Å². The zero-order valence-corrected chi connectivity index (χ0v) is 10.1. The molecule has 0 aliphatic rings. The summed E-state index contributed by atoms with van der Waals surface area (Å²) >= 11 is 6.03. The van der Waals surface area contributed by atoms with Crippen LogP contribution >= 0.6 is 11.6 Å². The second kappa shape index (κ2) is 4.67. The van der Waals surface area contributed by atoms with Crippen LogP contribution in [0.5, 0.6) is 0 Å². The van der Waals surface area contributed by atoms with Crippen molar-refractivity contribution in [1.29, 1.82) is 0 Å². The summed E-state index contributed by atoms with van der Waals surface area (Å²) < 4.78 is 10.2. The minimum Gasteiger partial charge on any atom is -0.462 e. The number of furan rings is 1. The first kappa shape index (κ1) is 11.8. The van der Waals surface area contributed by atoms with Crippen LogP contribution in [0.2, 0.25) is 5.02 Å². The molecule has 1 aromatic carbocycles. The molecule has 0 saturated carbocycles. The smallest absolute Gasteiger partial charge is 0.340 e. The van der Waals surface area contributed by atoms with Gasteiger partial charge in [-0.2, -0.15) is 0 Å². The first-order valence-corrected chi connectivity index (χ1v) is 5.65. The van der Waals surface area contributed by atoms with Crippen molar-refractivity contribution < 1.29 is 13.9 Å². The Bertz CT molecular complexity index is 562. The maximum Gasteiger partial charge on any atom is 0.340 e. The third-order valence-corrected chi connectivity index (χ3v) is 2.70. The molecule has 17 heavy (non-hydrogen) atoms. The number of nitrogens with two attached hydrogens (primary N) is 1. The largest absolute Gasteiger partial charge is 0.462 e. The molecule has 0 fully saturated rings. The topological polar surface area (TPSA) is 65.5 Å². The number of hydrogen-bond donors (Lipinski definition) is 1. The fourth-order valence-corrected chi connectivity index (χ4v) is 1.81. The van der Waals surface area contributed by atoms with Gasteiger partial charge in [0.2, 0.25) is 0 Å². The molecule has 0 amide bonds. The van der Waals surface area contributed by atoms with Gasteiger partial charge in [0, 0.05) is 5.39 Å². The van der Waals surface area contributed by atoms with Crippen LogP contribution in [0.4, 0.5) is 5.69 Å². The summed E-state index contributed by atoms with van der Waals surface area (Å²) in [4.78, 5) is 11.7. The number of fused-ring (bicyclic) bond motifs is 1. The molecule has 4 nitrogen and oxygen atoms in total. The van der Waals surface area contributed by atoms with Crippen LogP contribution in [0.15, 0.2) is 22.8 Å². The molecule has 5 heteroatoms. The molecule has 0 spiro atoms. The van der Waals surface area contributed by atoms with Gasteiger partial charge in [-0.3, -0.25) is 0 Å². The van der Waals surface area contributed by atoms with Gasteiger partial charge in [-0.1, -0.05) is 18.5 Å². The van der Waals surface area contributed by atoms with Crippen molar-refractivity contribution in [2.45, 2.75) is 13.3 Å². The van der Waals surface area contributed by atoms with Gasteiger partial charge in [0.25, 0.3) is 0 Å². The number of esters is 1. The van der Waals surface area contributed by atoms with Crippen LogP contribution in [0, 0.1) is 0 Å². The highest BCUT2D eigenvalue weighted by atomic mass is 35.5. The lowest BCUT2D eigenvalue weighted by Gasteiger charge is -2.07. The van der Waals surface area contributed by atoms with E-state index in [4.69, 9.17) is 26.5 Å². The van der Waals surface area contributed by atoms with E-state index < -0.39 is 5.97 Å². The number of benzene rings is 1. The predicted octanol–water partition coefficient (Wildman–Crippen LogP) is 3.24. The summed E-state index contributed by atoms with van der Waals surface area (Å²) in [6, 6.07) is 3.21. The zero-order chi connectivity index (χ0) is 12.4. The van der Waals surface area contributed by atoms with E-state index in [1.165, 1.54) is 12.3 Å². The Morgan fingerprint density at radius 3 is 3.06 bits per heavy atom. The van der Waals surface area contributed by atoms with E-state index in [9.17, 15) is 4.79 Å². The highest BCUT2D eigenvalue weighted by molar-refractivity contribution is 6.36. The first-order valence-electron chi connectivity index (χ1n) is 5.27. The van der Waals surface area contributed by atoms with Crippen molar-refractivity contribution in [3.63, 3.8) is 0 Å². The maximum absolute atomic E-state index is 11.7. The minimum absolute atomic E-state index is 0.242. The van der Waals surface area contributed by atoms with Gasteiger partial charge in [0.05, 0.1) is 29.1 Å². The molecule has 0 aliphatic heterocycles. The number of anilines is 1. The fraction of sp³-hybridized carbons (Fsp3) is 0.250. The second-order valence-electron chi connectivity index (χ2n) is 3.62. The summed E-state index contributed by atoms with van der Waals surface area (Å²) in [5.41, 5.74) is 6.77. The fourth-order valence-electron chi connectivity index (χ4n) is 1.55. The molecular formula is C12H12ClNO3. The SMILES string of the molecule is CCCOC(=O)c1cc(Cl)c2ccoc2c1N. The Morgan fingerprint density at radius 2 is 2.35 bits per heavy atom. The Kier molecular flexibility index (Phi) is 3.24. The molecule has 0 aliphatic carbocycles. The molecule has 0 atom stereocenters. The Labute approximate surface area is 103 Å². The molecule has 0 saturated heterocycles. The molecular weight excluding hydrogens is 242 g/mol. The third kappa shape index (κ3) is 2.08. The van der Waals surface area contributed by atoms with Gasteiger partial charge in [-0.15, -0.1) is 0 Å². The van der Waals surface area contributed by atoms with Gasteiger partial charge >= 0.3 is 5.97 Å². The first-order chi connectivity index (χ1) is 8.15. The van der Waals surface area contributed by atoms with Gasteiger partial charge in [0.1, 0.15) is 0 Å². The van der Waals surface area contributed by atoms with Crippen molar-refractivity contribution >= 4 is 34.2 Å². The standard InChI is InChI=1S/C12H12ClNO3/c1-2-4-17-12(15)8-6-9(13)7-3-5-16-11(7)10(8)14/h3,5-6H,2,4,14H2,1H3. The quantitative estimate of drug-likeness (QED) is 0.674. The van der Waals surface area contributed by atoms with Crippen molar-refractivity contribution in [3.05, 3.63) is 29.0 Å². The lowest BCUT2D eigenvalue weighted by atomic mass is 10.1. The summed E-state index contributed by atoms with van der Waals surface area (Å²) in [6.07, 6.45) is 2.23. The molecule has 2 rings (SSSR count). The van der Waals surface area contributed by atoms with Crippen LogP contribution in [0.3, 0.4) is 0 Å². The lowest BCUT2D eigenvalue weighted by molar-refractivity contribution is 0.0506. The second-order valence-corrected chi connectivity index (χ2v) is 4.03. The van der Waals surface area contributed by atoms with Gasteiger partial charge < -0.3 is 14.9 Å². The van der Waals surface area contributed by atoms with E-state index in [2.05, 4.69) is 0 Å². The highest BCUT2D eigenvalue weighted by Gasteiger charge is 2.17. The summed E-state index contributed by atoms with van der Waals surface area (Å²) in [5.74, 6) is -0.482. The molecule has 0 unspecified atom stereocenters. The number of rotatable bonds is 3. The van der Waals surface area contributed by atoms with E-state index in [0.717, 1.165) is 6.42 Å². The number of carbonyl (C=O) groups excluding carboxylic acids is 1. The van der Waals surface area contributed by atoms with Crippen LogP contribution in [0.25, 0.3) is 11.0 Å². The lowest BCUT2D eigenvalue weighted by Crippen LogP contribution is -2.09. The molecule has 90 valence electrons. The molecule has 1 heterocycles. The molecule has 0 bridgehead atoms. The number of carbonyl (C=O) groups is 1. The number of hydrogen-bond acceptors (Lipinski definition) is 4. The predicted molar refractivity (Wildman–Crippen MR) is 66.2 cm³/mol. The van der Waals surface area contributed by atoms with E-state index in [-0.39, 0.29) is 11.3 Å². The molecule has 2 aromatic rings. The normalized spacial score (nSPS) is 10.7. The average Bonchev–Trinajstić information content (AvgIpc) is 2.80. The monoisotopic (exact) mass is 253 g/mol. The Hall–Kier alpha value is -1.68. The average molecular weight is 254 g/mol. The number of nitrogen functional groups attached to an aromatic ring is 1. The Balaban J connectivity index is 2.47. The number of ether oxygens (including phenoxy) is 1. The highest BCUT2D eigenvalue weighted by Crippen LogP contribution is 2.32. The van der Waals surface area contributed by atoms with E-state index in [1.54, 1.807) is 6.07 Å². The van der Waals surface area contributed by atoms with E-state index >= 15 is 0 Å². The van der Waals surface area contributed by atoms with Crippen molar-refractivity contribution in [2.24, 2.45) is 0 Å². The van der Waals surface area contributed by atoms with Crippen LogP contribution in [-0.4, -0.2) is 12.6 Å². The zero-order valence-electron chi connectivity index (χ0n) is 9.33. The third-order valence-electron chi connectivity index (χ3n) is 2.39. The summed E-state index contributed by atoms with van der Waals surface area (Å²) in [5, 5.41) is 1.11. The van der Waals surface area contributed by atoms with Crippen LogP contribution in [-0.2, 0) is 4.74 Å². The van der Waals surface area contributed by atoms with Gasteiger partial charge in [-0.05, 0) is 18.6 Å². The van der Waals surface area contributed by atoms with Gasteiger partial charge in [0.15, 0.2) is 5.58 Å². The molecule has 2 N–H and O–H groups in total. The van der Waals surface area contributed by atoms with Crippen molar-refractivity contribution in [2.75, 3.05) is 12.3 Å². The molecule has 0 radical (unpaired) electrons. The van der Waals surface area contributed by atoms with Crippen LogP contribution in [0.1, 0.15) is 23.7 Å². The summed E-state index contributed by atoms with van der Waals surface area (Å²) in [7, 11) is 0. The van der Waals surface area contributed by atoms with Gasteiger partial charge in [-0.25, -0.2) is 4.79 Å². The Morgan fingerprint density at radius 1 is 1.59 bits per heavy atom. The van der Waals surface area contributed by atoms with E-state index in [0.29, 0.717) is 22.6 Å². The van der Waals surface area contributed by atoms with Crippen molar-refractivity contribution in [3.8, 4) is 0 Å². The maximum atomic E-state index is 11.7. The molecule has 1 aromatic heterocycles. The summed E-state index contributed by atoms with van der Waals surface area (Å²) in [6.45, 7) is 2.27. The number of halogens is 1. The van der Waals surface area contributed by atoms with Crippen molar-refractivity contribution in [1.82, 2.24) is 0 Å². The minimum atomic E-state index is -0.482.